The van der Waals surface area contributed by atoms with Crippen LogP contribution in [0.2, 0.25) is 0 Å². The molecule has 0 aliphatic carbocycles. The summed E-state index contributed by atoms with van der Waals surface area (Å²) in [4.78, 5) is 2.31. The maximum absolute atomic E-state index is 10.8. The summed E-state index contributed by atoms with van der Waals surface area (Å²) in [7, 11) is 0. The van der Waals surface area contributed by atoms with Crippen LogP contribution in [0, 0.1) is 0 Å². The van der Waals surface area contributed by atoms with Gasteiger partial charge in [-0.3, -0.25) is 0 Å². The Morgan fingerprint density at radius 1 is 1.05 bits per heavy atom. The van der Waals surface area contributed by atoms with Crippen molar-refractivity contribution < 1.29 is 5.11 Å². The SMILES string of the molecule is CC(O)(CN1CCCc2ccccc21)c1ccccc1. The van der Waals surface area contributed by atoms with E-state index in [0.717, 1.165) is 24.9 Å². The monoisotopic (exact) mass is 267 g/mol. The van der Waals surface area contributed by atoms with E-state index in [-0.39, 0.29) is 0 Å². The van der Waals surface area contributed by atoms with Crippen molar-refractivity contribution in [1.29, 1.82) is 0 Å². The van der Waals surface area contributed by atoms with E-state index in [2.05, 4.69) is 29.2 Å². The first-order chi connectivity index (χ1) is 9.67. The Hall–Kier alpha value is -1.80. The molecule has 1 N–H and O–H groups in total. The number of hydrogen-bond donors (Lipinski definition) is 1. The number of para-hydroxylation sites is 1. The van der Waals surface area contributed by atoms with E-state index in [1.54, 1.807) is 0 Å². The molecule has 0 spiro atoms. The summed E-state index contributed by atoms with van der Waals surface area (Å²) in [6.07, 6.45) is 2.29. The lowest BCUT2D eigenvalue weighted by Gasteiger charge is -2.37. The molecule has 0 saturated carbocycles. The summed E-state index contributed by atoms with van der Waals surface area (Å²) in [6, 6.07) is 18.5. The lowest BCUT2D eigenvalue weighted by Crippen LogP contribution is -2.41. The van der Waals surface area contributed by atoms with Crippen LogP contribution in [-0.2, 0) is 12.0 Å². The second-order valence-electron chi connectivity index (χ2n) is 5.79. The van der Waals surface area contributed by atoms with Gasteiger partial charge in [0.25, 0.3) is 0 Å². The third-order valence-corrected chi connectivity index (χ3v) is 4.10. The van der Waals surface area contributed by atoms with Crippen LogP contribution >= 0.6 is 0 Å². The molecular weight excluding hydrogens is 246 g/mol. The van der Waals surface area contributed by atoms with Crippen LogP contribution in [-0.4, -0.2) is 18.2 Å². The highest BCUT2D eigenvalue weighted by molar-refractivity contribution is 5.55. The third kappa shape index (κ3) is 2.56. The van der Waals surface area contributed by atoms with Crippen molar-refractivity contribution in [2.45, 2.75) is 25.4 Å². The van der Waals surface area contributed by atoms with Crippen molar-refractivity contribution in [2.75, 3.05) is 18.0 Å². The lowest BCUT2D eigenvalue weighted by molar-refractivity contribution is 0.0641. The van der Waals surface area contributed by atoms with Gasteiger partial charge < -0.3 is 10.0 Å². The molecule has 0 bridgehead atoms. The van der Waals surface area contributed by atoms with Crippen molar-refractivity contribution in [2.24, 2.45) is 0 Å². The molecule has 3 rings (SSSR count). The van der Waals surface area contributed by atoms with E-state index in [4.69, 9.17) is 0 Å². The van der Waals surface area contributed by atoms with Crippen molar-refractivity contribution in [3.8, 4) is 0 Å². The zero-order valence-electron chi connectivity index (χ0n) is 11.9. The average molecular weight is 267 g/mol. The van der Waals surface area contributed by atoms with E-state index >= 15 is 0 Å². The van der Waals surface area contributed by atoms with Gasteiger partial charge in [0.2, 0.25) is 0 Å². The Balaban J connectivity index is 1.85. The largest absolute Gasteiger partial charge is 0.384 e. The summed E-state index contributed by atoms with van der Waals surface area (Å²) in [5.74, 6) is 0. The van der Waals surface area contributed by atoms with Crippen molar-refractivity contribution in [3.63, 3.8) is 0 Å². The number of aliphatic hydroxyl groups is 1. The minimum atomic E-state index is -0.828. The van der Waals surface area contributed by atoms with E-state index in [0.29, 0.717) is 6.54 Å². The standard InChI is InChI=1S/C18H21NO/c1-18(20,16-10-3-2-4-11-16)14-19-13-7-9-15-8-5-6-12-17(15)19/h2-6,8,10-12,20H,7,9,13-14H2,1H3. The maximum atomic E-state index is 10.8. The van der Waals surface area contributed by atoms with Gasteiger partial charge >= 0.3 is 0 Å². The molecule has 0 aromatic heterocycles. The Labute approximate surface area is 120 Å². The van der Waals surface area contributed by atoms with E-state index < -0.39 is 5.60 Å². The Bertz CT molecular complexity index is 577. The average Bonchev–Trinajstić information content (AvgIpc) is 2.48. The smallest absolute Gasteiger partial charge is 0.104 e. The fraction of sp³-hybridized carbons (Fsp3) is 0.333. The van der Waals surface area contributed by atoms with Crippen LogP contribution in [0.1, 0.15) is 24.5 Å². The molecule has 0 radical (unpaired) electrons. The molecule has 2 aromatic rings. The van der Waals surface area contributed by atoms with Crippen LogP contribution in [0.15, 0.2) is 54.6 Å². The van der Waals surface area contributed by atoms with Crippen molar-refractivity contribution >= 4 is 5.69 Å². The number of benzene rings is 2. The second-order valence-corrected chi connectivity index (χ2v) is 5.79. The summed E-state index contributed by atoms with van der Waals surface area (Å²) < 4.78 is 0. The van der Waals surface area contributed by atoms with E-state index in [9.17, 15) is 5.11 Å². The zero-order valence-corrected chi connectivity index (χ0v) is 11.9. The Morgan fingerprint density at radius 3 is 2.55 bits per heavy atom. The molecule has 2 nitrogen and oxygen atoms in total. The topological polar surface area (TPSA) is 23.5 Å². The number of rotatable bonds is 3. The van der Waals surface area contributed by atoms with Crippen LogP contribution in [0.5, 0.6) is 0 Å². The highest BCUT2D eigenvalue weighted by Crippen LogP contribution is 2.30. The summed E-state index contributed by atoms with van der Waals surface area (Å²) in [6.45, 7) is 3.55. The minimum Gasteiger partial charge on any atom is -0.384 e. The quantitative estimate of drug-likeness (QED) is 0.922. The van der Waals surface area contributed by atoms with E-state index in [1.165, 1.54) is 11.3 Å². The minimum absolute atomic E-state index is 0.633. The molecule has 1 unspecified atom stereocenters. The first kappa shape index (κ1) is 13.2. The van der Waals surface area contributed by atoms with Gasteiger partial charge in [-0.1, -0.05) is 48.5 Å². The predicted molar refractivity (Wildman–Crippen MR) is 83.0 cm³/mol. The maximum Gasteiger partial charge on any atom is 0.104 e. The molecule has 1 aliphatic rings. The Kier molecular flexibility index (Phi) is 3.49. The number of aryl methyl sites for hydroxylation is 1. The molecule has 1 heterocycles. The van der Waals surface area contributed by atoms with Gasteiger partial charge in [-0.2, -0.15) is 0 Å². The fourth-order valence-corrected chi connectivity index (χ4v) is 3.04. The molecule has 0 amide bonds. The van der Waals surface area contributed by atoms with Crippen LogP contribution in [0.3, 0.4) is 0 Å². The summed E-state index contributed by atoms with van der Waals surface area (Å²) >= 11 is 0. The third-order valence-electron chi connectivity index (χ3n) is 4.10. The normalized spacial score (nSPS) is 17.4. The van der Waals surface area contributed by atoms with Crippen LogP contribution in [0.25, 0.3) is 0 Å². The molecule has 0 saturated heterocycles. The fourth-order valence-electron chi connectivity index (χ4n) is 3.04. The van der Waals surface area contributed by atoms with Gasteiger partial charge in [-0.05, 0) is 37.0 Å². The highest BCUT2D eigenvalue weighted by atomic mass is 16.3. The summed E-state index contributed by atoms with van der Waals surface area (Å²) in [5, 5.41) is 10.8. The van der Waals surface area contributed by atoms with Crippen LogP contribution < -0.4 is 4.90 Å². The predicted octanol–water partition coefficient (Wildman–Crippen LogP) is 3.35. The van der Waals surface area contributed by atoms with Gasteiger partial charge in [-0.15, -0.1) is 0 Å². The van der Waals surface area contributed by atoms with Gasteiger partial charge in [0, 0.05) is 12.2 Å². The molecule has 2 heteroatoms. The van der Waals surface area contributed by atoms with Gasteiger partial charge in [0.15, 0.2) is 0 Å². The number of nitrogens with zero attached hydrogens (tertiary/aromatic N) is 1. The zero-order chi connectivity index (χ0) is 14.0. The van der Waals surface area contributed by atoms with Crippen molar-refractivity contribution in [1.82, 2.24) is 0 Å². The van der Waals surface area contributed by atoms with Gasteiger partial charge in [0.1, 0.15) is 5.60 Å². The number of β-amino-alcohol motifs (C(OH)–C–C–N with tert-alkyl or cyclic N) is 1. The van der Waals surface area contributed by atoms with Crippen LogP contribution in [0.4, 0.5) is 5.69 Å². The molecule has 1 atom stereocenters. The number of anilines is 1. The molecule has 0 fully saturated rings. The lowest BCUT2D eigenvalue weighted by atomic mass is 9.93. The first-order valence-corrected chi connectivity index (χ1v) is 7.27. The first-order valence-electron chi connectivity index (χ1n) is 7.27. The summed E-state index contributed by atoms with van der Waals surface area (Å²) in [5.41, 5.74) is 2.81. The van der Waals surface area contributed by atoms with Gasteiger partial charge in [0.05, 0.1) is 6.54 Å². The van der Waals surface area contributed by atoms with E-state index in [1.807, 2.05) is 37.3 Å². The molecule has 1 aliphatic heterocycles. The number of hydrogen-bond acceptors (Lipinski definition) is 2. The molecule has 104 valence electrons. The molecule has 20 heavy (non-hydrogen) atoms. The Morgan fingerprint density at radius 2 is 1.75 bits per heavy atom. The molecule has 2 aromatic carbocycles. The second kappa shape index (κ2) is 5.29. The number of fused-ring (bicyclic) bond motifs is 1. The van der Waals surface area contributed by atoms with Gasteiger partial charge in [-0.25, -0.2) is 0 Å². The molecular formula is C18H21NO. The highest BCUT2D eigenvalue weighted by Gasteiger charge is 2.28. The van der Waals surface area contributed by atoms with Crippen molar-refractivity contribution in [3.05, 3.63) is 65.7 Å².